The molecule has 1 aromatic carbocycles. The second-order valence-corrected chi connectivity index (χ2v) is 9.96. The van der Waals surface area contributed by atoms with E-state index in [4.69, 9.17) is 0 Å². The second-order valence-electron chi connectivity index (χ2n) is 7.73. The lowest BCUT2D eigenvalue weighted by Gasteiger charge is -2.36. The molecule has 0 spiro atoms. The number of amides is 2. The van der Waals surface area contributed by atoms with E-state index in [2.05, 4.69) is 39.4 Å². The van der Waals surface area contributed by atoms with E-state index in [0.717, 1.165) is 26.2 Å². The Balaban J connectivity index is 1.27. The highest BCUT2D eigenvalue weighted by Gasteiger charge is 2.31. The van der Waals surface area contributed by atoms with Crippen LogP contribution in [0.3, 0.4) is 0 Å². The fraction of sp³-hybridized carbons (Fsp3) is 0.632. The van der Waals surface area contributed by atoms with Crippen LogP contribution >= 0.6 is 0 Å². The summed E-state index contributed by atoms with van der Waals surface area (Å²) in [6.07, 6.45) is 3.08. The third-order valence-corrected chi connectivity index (χ3v) is 7.58. The molecule has 8 heteroatoms. The number of carbonyl (C=O) groups is 1. The minimum absolute atomic E-state index is 0.0715. The van der Waals surface area contributed by atoms with Crippen molar-refractivity contribution in [3.8, 4) is 0 Å². The van der Waals surface area contributed by atoms with Crippen LogP contribution in [0, 0.1) is 0 Å². The maximum absolute atomic E-state index is 12.4. The predicted molar refractivity (Wildman–Crippen MR) is 107 cm³/mol. The number of nitrogens with zero attached hydrogens (tertiary/aromatic N) is 3. The zero-order valence-electron chi connectivity index (χ0n) is 15.6. The summed E-state index contributed by atoms with van der Waals surface area (Å²) in [5.41, 5.74) is 2.49. The van der Waals surface area contributed by atoms with Gasteiger partial charge in [-0.1, -0.05) is 0 Å². The Kier molecular flexibility index (Phi) is 5.16. The average molecular weight is 393 g/mol. The molecule has 3 aliphatic heterocycles. The molecule has 1 atom stereocenters. The number of hydrogen-bond acceptors (Lipinski definition) is 5. The molecule has 4 rings (SSSR count). The zero-order chi connectivity index (χ0) is 18.9. The Hall–Kier alpha value is -1.96. The molecule has 0 radical (unpaired) electrons. The van der Waals surface area contributed by atoms with Gasteiger partial charge in [-0.25, -0.2) is 13.2 Å². The lowest BCUT2D eigenvalue weighted by molar-refractivity contribution is 0.191. The smallest absolute Gasteiger partial charge is 0.317 e. The summed E-state index contributed by atoms with van der Waals surface area (Å²) in [6.45, 7) is 5.18. The first kappa shape index (κ1) is 18.4. The topological polar surface area (TPSA) is 73.0 Å². The van der Waals surface area contributed by atoms with Crippen LogP contribution in [0.2, 0.25) is 0 Å². The quantitative estimate of drug-likeness (QED) is 0.840. The SMILES string of the molecule is O=C(NC1CCS(=O)(=O)C1)N1CCN(c2ccc(N3CCCC3)cc2)CC1. The van der Waals surface area contributed by atoms with E-state index in [9.17, 15) is 13.2 Å². The molecule has 3 aliphatic rings. The highest BCUT2D eigenvalue weighted by atomic mass is 32.2. The van der Waals surface area contributed by atoms with E-state index in [0.29, 0.717) is 19.5 Å². The van der Waals surface area contributed by atoms with Gasteiger partial charge >= 0.3 is 6.03 Å². The Morgan fingerprint density at radius 1 is 0.889 bits per heavy atom. The molecule has 0 aliphatic carbocycles. The lowest BCUT2D eigenvalue weighted by Crippen LogP contribution is -2.53. The number of carbonyl (C=O) groups excluding carboxylic acids is 1. The first-order valence-corrected chi connectivity index (χ1v) is 11.7. The normalized spacial score (nSPS) is 25.0. The molecule has 3 saturated heterocycles. The van der Waals surface area contributed by atoms with Crippen molar-refractivity contribution >= 4 is 27.2 Å². The number of rotatable bonds is 3. The summed E-state index contributed by atoms with van der Waals surface area (Å²) >= 11 is 0. The number of urea groups is 1. The van der Waals surface area contributed by atoms with Crippen LogP contribution in [-0.4, -0.2) is 76.2 Å². The second kappa shape index (κ2) is 7.58. The third-order valence-electron chi connectivity index (χ3n) is 5.81. The number of hydrogen-bond donors (Lipinski definition) is 1. The molecular weight excluding hydrogens is 364 g/mol. The predicted octanol–water partition coefficient (Wildman–Crippen LogP) is 1.31. The molecule has 1 N–H and O–H groups in total. The maximum atomic E-state index is 12.4. The molecule has 0 bridgehead atoms. The van der Waals surface area contributed by atoms with Gasteiger partial charge in [0.25, 0.3) is 0 Å². The van der Waals surface area contributed by atoms with E-state index >= 15 is 0 Å². The first-order valence-electron chi connectivity index (χ1n) is 9.86. The highest BCUT2D eigenvalue weighted by Crippen LogP contribution is 2.24. The van der Waals surface area contributed by atoms with Crippen LogP contribution in [0.15, 0.2) is 24.3 Å². The average Bonchev–Trinajstić information content (AvgIpc) is 3.32. The van der Waals surface area contributed by atoms with Crippen molar-refractivity contribution in [3.05, 3.63) is 24.3 Å². The van der Waals surface area contributed by atoms with Gasteiger partial charge in [0.1, 0.15) is 0 Å². The van der Waals surface area contributed by atoms with Gasteiger partial charge in [0.15, 0.2) is 9.84 Å². The number of piperazine rings is 1. The van der Waals surface area contributed by atoms with Crippen LogP contribution in [0.4, 0.5) is 16.2 Å². The number of benzene rings is 1. The van der Waals surface area contributed by atoms with Crippen LogP contribution < -0.4 is 15.1 Å². The summed E-state index contributed by atoms with van der Waals surface area (Å²) < 4.78 is 23.1. The van der Waals surface area contributed by atoms with Crippen LogP contribution in [0.5, 0.6) is 0 Å². The minimum Gasteiger partial charge on any atom is -0.372 e. The van der Waals surface area contributed by atoms with Crippen molar-refractivity contribution in [1.82, 2.24) is 10.2 Å². The monoisotopic (exact) mass is 392 g/mol. The van der Waals surface area contributed by atoms with E-state index < -0.39 is 9.84 Å². The van der Waals surface area contributed by atoms with Crippen molar-refractivity contribution in [3.63, 3.8) is 0 Å². The van der Waals surface area contributed by atoms with Gasteiger partial charge < -0.3 is 20.0 Å². The largest absolute Gasteiger partial charge is 0.372 e. The van der Waals surface area contributed by atoms with Gasteiger partial charge in [-0.05, 0) is 43.5 Å². The third kappa shape index (κ3) is 4.31. The molecule has 27 heavy (non-hydrogen) atoms. The van der Waals surface area contributed by atoms with Crippen LogP contribution in [0.25, 0.3) is 0 Å². The molecule has 2 amide bonds. The van der Waals surface area contributed by atoms with Crippen molar-refractivity contribution in [2.45, 2.75) is 25.3 Å². The summed E-state index contributed by atoms with van der Waals surface area (Å²) in [6, 6.07) is 8.36. The molecular formula is C19H28N4O3S. The minimum atomic E-state index is -2.97. The highest BCUT2D eigenvalue weighted by molar-refractivity contribution is 7.91. The van der Waals surface area contributed by atoms with Gasteiger partial charge in [0, 0.05) is 56.7 Å². The molecule has 0 saturated carbocycles. The van der Waals surface area contributed by atoms with Gasteiger partial charge in [0.2, 0.25) is 0 Å². The standard InChI is InChI=1S/C19H28N4O3S/c24-19(20-16-7-14-27(25,26)15-16)23-12-10-22(11-13-23)18-5-3-17(4-6-18)21-8-1-2-9-21/h3-6,16H,1-2,7-15H2,(H,20,24). The van der Waals surface area contributed by atoms with Gasteiger partial charge in [0.05, 0.1) is 11.5 Å². The summed E-state index contributed by atoms with van der Waals surface area (Å²) in [7, 11) is -2.97. The van der Waals surface area contributed by atoms with Gasteiger partial charge in [-0.2, -0.15) is 0 Å². The maximum Gasteiger partial charge on any atom is 0.317 e. The summed E-state index contributed by atoms with van der Waals surface area (Å²) in [4.78, 5) is 18.9. The van der Waals surface area contributed by atoms with E-state index in [1.807, 2.05) is 0 Å². The molecule has 1 unspecified atom stereocenters. The molecule has 148 valence electrons. The Morgan fingerprint density at radius 3 is 1.96 bits per heavy atom. The molecule has 7 nitrogen and oxygen atoms in total. The molecule has 3 fully saturated rings. The summed E-state index contributed by atoms with van der Waals surface area (Å²) in [5, 5.41) is 2.88. The van der Waals surface area contributed by atoms with Crippen molar-refractivity contribution in [1.29, 1.82) is 0 Å². The Bertz CT molecular complexity index is 767. The lowest BCUT2D eigenvalue weighted by atomic mass is 10.2. The molecule has 1 aromatic rings. The zero-order valence-corrected chi connectivity index (χ0v) is 16.5. The number of sulfone groups is 1. The molecule has 3 heterocycles. The number of nitrogens with one attached hydrogen (secondary N) is 1. The summed E-state index contributed by atoms with van der Waals surface area (Å²) in [5.74, 6) is 0.251. The van der Waals surface area contributed by atoms with E-state index in [1.165, 1.54) is 24.2 Å². The van der Waals surface area contributed by atoms with Crippen LogP contribution in [0.1, 0.15) is 19.3 Å². The van der Waals surface area contributed by atoms with Gasteiger partial charge in [-0.3, -0.25) is 0 Å². The van der Waals surface area contributed by atoms with E-state index in [1.54, 1.807) is 4.90 Å². The Labute approximate surface area is 161 Å². The first-order chi connectivity index (χ1) is 13.0. The van der Waals surface area contributed by atoms with Crippen LogP contribution in [-0.2, 0) is 9.84 Å². The van der Waals surface area contributed by atoms with Gasteiger partial charge in [-0.15, -0.1) is 0 Å². The number of anilines is 2. The van der Waals surface area contributed by atoms with Crippen molar-refractivity contribution < 1.29 is 13.2 Å². The van der Waals surface area contributed by atoms with Crippen molar-refractivity contribution in [2.24, 2.45) is 0 Å². The van der Waals surface area contributed by atoms with Crippen molar-refractivity contribution in [2.75, 3.05) is 60.6 Å². The fourth-order valence-electron chi connectivity index (χ4n) is 4.19. The molecule has 0 aromatic heterocycles. The Morgan fingerprint density at radius 2 is 1.44 bits per heavy atom. The fourth-order valence-corrected chi connectivity index (χ4v) is 5.87. The van der Waals surface area contributed by atoms with E-state index in [-0.39, 0.29) is 23.6 Å².